The summed E-state index contributed by atoms with van der Waals surface area (Å²) in [5, 5.41) is 2.92. The molecule has 0 spiro atoms. The normalized spacial score (nSPS) is 15.9. The van der Waals surface area contributed by atoms with Gasteiger partial charge in [-0.15, -0.1) is 0 Å². The second-order valence-corrected chi connectivity index (χ2v) is 11.6. The Morgan fingerprint density at radius 3 is 2.25 bits per heavy atom. The summed E-state index contributed by atoms with van der Waals surface area (Å²) in [6, 6.07) is 22.9. The zero-order chi connectivity index (χ0) is 31.6. The number of hydrogen-bond donors (Lipinski definition) is 2. The lowest BCUT2D eigenvalue weighted by Gasteiger charge is -2.32. The van der Waals surface area contributed by atoms with Crippen LogP contribution in [0.1, 0.15) is 34.0 Å². The van der Waals surface area contributed by atoms with Crippen LogP contribution in [0.4, 0.5) is 11.4 Å². The summed E-state index contributed by atoms with van der Waals surface area (Å²) in [7, 11) is 5.25. The molecule has 0 bridgehead atoms. The van der Waals surface area contributed by atoms with Crippen LogP contribution in [0, 0.1) is 0 Å². The number of carbonyl (C=O) groups is 3. The lowest BCUT2D eigenvalue weighted by molar-refractivity contribution is -0.119. The molecule has 0 atom stereocenters. The van der Waals surface area contributed by atoms with Crippen LogP contribution in [0.3, 0.4) is 0 Å². The number of piperazine rings is 1. The molecule has 2 aliphatic rings. The lowest BCUT2D eigenvalue weighted by atomic mass is 9.90. The average molecular weight is 617 g/mol. The third-order valence-electron chi connectivity index (χ3n) is 7.77. The minimum Gasteiger partial charge on any atom is -0.465 e. The van der Waals surface area contributed by atoms with Crippen molar-refractivity contribution in [1.29, 1.82) is 0 Å². The zero-order valence-corrected chi connectivity index (χ0v) is 26.5. The SMILES string of the molecule is CCSO.COC(=O)c1ccc2c(c1)NC(=O)/C2=C(\Cc1ccc(N(C)C(=O)CN2CCN(C)CC2)cc1)c1ccccc1. The van der Waals surface area contributed by atoms with Gasteiger partial charge in [-0.3, -0.25) is 14.5 Å². The Balaban J connectivity index is 0.00000104. The van der Waals surface area contributed by atoms with Gasteiger partial charge in [0.15, 0.2) is 0 Å². The predicted octanol–water partition coefficient (Wildman–Crippen LogP) is 5.00. The molecule has 3 aromatic carbocycles. The number of nitrogens with one attached hydrogen (secondary N) is 1. The van der Waals surface area contributed by atoms with E-state index in [0.717, 1.165) is 71.9 Å². The molecule has 10 heteroatoms. The van der Waals surface area contributed by atoms with Gasteiger partial charge < -0.3 is 24.4 Å². The highest BCUT2D eigenvalue weighted by molar-refractivity contribution is 7.93. The van der Waals surface area contributed by atoms with E-state index in [2.05, 4.69) is 22.2 Å². The van der Waals surface area contributed by atoms with Crippen molar-refractivity contribution in [2.24, 2.45) is 0 Å². The van der Waals surface area contributed by atoms with E-state index in [1.807, 2.05) is 68.6 Å². The van der Waals surface area contributed by atoms with Crippen molar-refractivity contribution < 1.29 is 23.7 Å². The lowest BCUT2D eigenvalue weighted by Crippen LogP contribution is -2.48. The maximum absolute atomic E-state index is 13.3. The summed E-state index contributed by atoms with van der Waals surface area (Å²) >= 11 is 0.856. The number of hydrogen-bond acceptors (Lipinski definition) is 8. The number of likely N-dealkylation sites (N-methyl/N-ethyl adjacent to an activating group) is 2. The van der Waals surface area contributed by atoms with Crippen molar-refractivity contribution in [3.63, 3.8) is 0 Å². The van der Waals surface area contributed by atoms with Crippen LogP contribution in [0.5, 0.6) is 0 Å². The Hall–Kier alpha value is -3.96. The first kappa shape index (κ1) is 32.9. The number of allylic oxidation sites excluding steroid dienone is 1. The van der Waals surface area contributed by atoms with Crippen LogP contribution in [-0.2, 0) is 20.7 Å². The van der Waals surface area contributed by atoms with E-state index in [9.17, 15) is 14.4 Å². The van der Waals surface area contributed by atoms with Gasteiger partial charge in [-0.2, -0.15) is 0 Å². The molecule has 1 saturated heterocycles. The monoisotopic (exact) mass is 616 g/mol. The van der Waals surface area contributed by atoms with E-state index < -0.39 is 5.97 Å². The molecule has 0 saturated carbocycles. The van der Waals surface area contributed by atoms with E-state index in [1.165, 1.54) is 7.11 Å². The molecule has 1 fully saturated rings. The number of carbonyl (C=O) groups excluding carboxylic acids is 3. The number of anilines is 2. The fraction of sp³-hybridized carbons (Fsp3) is 0.324. The molecular weight excluding hydrogens is 576 g/mol. The molecule has 3 aromatic rings. The average Bonchev–Trinajstić information content (AvgIpc) is 3.39. The molecular formula is C34H40N4O5S. The molecule has 9 nitrogen and oxygen atoms in total. The minimum atomic E-state index is -0.454. The Kier molecular flexibility index (Phi) is 11.7. The second kappa shape index (κ2) is 15.7. The Morgan fingerprint density at radius 1 is 0.977 bits per heavy atom. The van der Waals surface area contributed by atoms with Crippen molar-refractivity contribution >= 4 is 52.3 Å². The first-order valence-electron chi connectivity index (χ1n) is 14.6. The maximum Gasteiger partial charge on any atom is 0.337 e. The van der Waals surface area contributed by atoms with Crippen molar-refractivity contribution in [2.75, 3.05) is 69.9 Å². The van der Waals surface area contributed by atoms with Gasteiger partial charge in [-0.25, -0.2) is 4.79 Å². The molecule has 0 aromatic heterocycles. The van der Waals surface area contributed by atoms with Gasteiger partial charge in [0, 0.05) is 55.9 Å². The fourth-order valence-corrected chi connectivity index (χ4v) is 5.18. The summed E-state index contributed by atoms with van der Waals surface area (Å²) < 4.78 is 12.6. The number of ether oxygens (including phenoxy) is 1. The second-order valence-electron chi connectivity index (χ2n) is 10.7. The summed E-state index contributed by atoms with van der Waals surface area (Å²) in [5.41, 5.74) is 5.98. The van der Waals surface area contributed by atoms with Gasteiger partial charge >= 0.3 is 5.97 Å². The molecule has 44 heavy (non-hydrogen) atoms. The van der Waals surface area contributed by atoms with Gasteiger partial charge in [0.25, 0.3) is 5.91 Å². The van der Waals surface area contributed by atoms with Crippen LogP contribution in [0.2, 0.25) is 0 Å². The van der Waals surface area contributed by atoms with Crippen molar-refractivity contribution in [3.8, 4) is 0 Å². The zero-order valence-electron chi connectivity index (χ0n) is 25.7. The molecule has 0 aliphatic carbocycles. The number of fused-ring (bicyclic) bond motifs is 1. The van der Waals surface area contributed by atoms with Crippen LogP contribution in [-0.4, -0.2) is 91.8 Å². The van der Waals surface area contributed by atoms with Gasteiger partial charge in [-0.1, -0.05) is 55.5 Å². The number of rotatable bonds is 8. The number of benzene rings is 3. The molecule has 0 unspecified atom stereocenters. The third kappa shape index (κ3) is 8.15. The first-order chi connectivity index (χ1) is 21.2. The summed E-state index contributed by atoms with van der Waals surface area (Å²) in [6.07, 6.45) is 0.518. The fourth-order valence-electron chi connectivity index (χ4n) is 5.18. The van der Waals surface area contributed by atoms with E-state index in [1.54, 1.807) is 23.1 Å². The molecule has 2 N–H and O–H groups in total. The van der Waals surface area contributed by atoms with E-state index in [0.29, 0.717) is 29.8 Å². The van der Waals surface area contributed by atoms with Gasteiger partial charge in [0.2, 0.25) is 5.91 Å². The Labute approximate surface area is 263 Å². The molecule has 2 heterocycles. The van der Waals surface area contributed by atoms with Gasteiger partial charge in [0.1, 0.15) is 0 Å². The van der Waals surface area contributed by atoms with Crippen molar-refractivity contribution in [1.82, 2.24) is 9.80 Å². The quantitative estimate of drug-likeness (QED) is 0.207. The van der Waals surface area contributed by atoms with E-state index in [-0.39, 0.29) is 11.8 Å². The van der Waals surface area contributed by atoms with Crippen LogP contribution in [0.15, 0.2) is 72.8 Å². The summed E-state index contributed by atoms with van der Waals surface area (Å²) in [5.74, 6) is 0.196. The summed E-state index contributed by atoms with van der Waals surface area (Å²) in [4.78, 5) is 44.4. The molecule has 2 aliphatic heterocycles. The van der Waals surface area contributed by atoms with Gasteiger partial charge in [-0.05, 0) is 66.5 Å². The smallest absolute Gasteiger partial charge is 0.337 e. The minimum absolute atomic E-state index is 0.0648. The first-order valence-corrected chi connectivity index (χ1v) is 15.5. The van der Waals surface area contributed by atoms with Crippen LogP contribution in [0.25, 0.3) is 11.1 Å². The number of nitrogens with zero attached hydrogens (tertiary/aromatic N) is 3. The Bertz CT molecular complexity index is 1480. The van der Waals surface area contributed by atoms with Crippen LogP contribution >= 0.6 is 12.0 Å². The highest BCUT2D eigenvalue weighted by Crippen LogP contribution is 2.39. The van der Waals surface area contributed by atoms with Crippen molar-refractivity contribution in [3.05, 3.63) is 95.1 Å². The molecule has 232 valence electrons. The topological polar surface area (TPSA) is 102 Å². The highest BCUT2D eigenvalue weighted by Gasteiger charge is 2.29. The highest BCUT2D eigenvalue weighted by atomic mass is 32.2. The number of methoxy groups -OCH3 is 1. The molecule has 5 rings (SSSR count). The molecule has 2 amide bonds. The number of amides is 2. The third-order valence-corrected chi connectivity index (χ3v) is 8.03. The Morgan fingerprint density at radius 2 is 1.64 bits per heavy atom. The largest absolute Gasteiger partial charge is 0.465 e. The van der Waals surface area contributed by atoms with E-state index >= 15 is 0 Å². The van der Waals surface area contributed by atoms with Gasteiger partial charge in [0.05, 0.1) is 24.8 Å². The maximum atomic E-state index is 13.3. The van der Waals surface area contributed by atoms with Crippen molar-refractivity contribution in [2.45, 2.75) is 13.3 Å². The standard InChI is InChI=1S/C32H34N4O4.C2H6OS/c1-34-15-17-36(18-16-34)21-29(37)35(2)25-12-9-22(10-13-25)19-27(23-7-5-4-6-8-23)30-26-14-11-24(32(39)40-3)20-28(26)33-31(30)38;1-2-4-3/h4-14,20H,15-19,21H2,1-3H3,(H,33,38);3H,2H2,1H3/b30-27+;. The number of esters is 1. The van der Waals surface area contributed by atoms with E-state index in [4.69, 9.17) is 9.29 Å². The predicted molar refractivity (Wildman–Crippen MR) is 178 cm³/mol. The van der Waals surface area contributed by atoms with Crippen LogP contribution < -0.4 is 10.2 Å². The molecule has 0 radical (unpaired) electrons. The summed E-state index contributed by atoms with van der Waals surface area (Å²) in [6.45, 7) is 6.03.